The molecule has 1 saturated heterocycles. The first-order valence-electron chi connectivity index (χ1n) is 7.05. The van der Waals surface area contributed by atoms with Crippen LogP contribution in [0.1, 0.15) is 29.8 Å². The van der Waals surface area contributed by atoms with Crippen molar-refractivity contribution >= 4 is 15.9 Å². The molecule has 0 aliphatic carbocycles. The van der Waals surface area contributed by atoms with E-state index in [4.69, 9.17) is 5.14 Å². The predicted octanol–water partition coefficient (Wildman–Crippen LogP) is 0.0961. The molecule has 2 heterocycles. The molecule has 3 N–H and O–H groups in total. The Morgan fingerprint density at radius 2 is 2.19 bits per heavy atom. The van der Waals surface area contributed by atoms with Gasteiger partial charge in [0.15, 0.2) is 0 Å². The Labute approximate surface area is 124 Å². The van der Waals surface area contributed by atoms with Crippen molar-refractivity contribution in [1.29, 1.82) is 0 Å². The second-order valence-electron chi connectivity index (χ2n) is 5.74. The smallest absolute Gasteiger partial charge is 0.222 e. The number of primary sulfonamides is 1. The highest BCUT2D eigenvalue weighted by atomic mass is 32.2. The van der Waals surface area contributed by atoms with Crippen LogP contribution < -0.4 is 5.14 Å². The van der Waals surface area contributed by atoms with Crippen LogP contribution >= 0.6 is 0 Å². The highest BCUT2D eigenvalue weighted by Gasteiger charge is 2.28. The summed E-state index contributed by atoms with van der Waals surface area (Å²) >= 11 is 0. The fourth-order valence-corrected chi connectivity index (χ4v) is 3.62. The van der Waals surface area contributed by atoms with Crippen LogP contribution in [0.4, 0.5) is 0 Å². The zero-order valence-electron chi connectivity index (χ0n) is 12.4. The van der Waals surface area contributed by atoms with E-state index in [1.807, 2.05) is 13.8 Å². The first-order valence-corrected chi connectivity index (χ1v) is 8.76. The van der Waals surface area contributed by atoms with Crippen molar-refractivity contribution in [2.75, 3.05) is 18.8 Å². The number of rotatable bonds is 5. The predicted molar refractivity (Wildman–Crippen MR) is 79.0 cm³/mol. The maximum atomic E-state index is 12.2. The van der Waals surface area contributed by atoms with Crippen LogP contribution in [0.5, 0.6) is 0 Å². The minimum absolute atomic E-state index is 0.0432. The number of nitrogens with two attached hydrogens (primary N) is 1. The van der Waals surface area contributed by atoms with Crippen molar-refractivity contribution in [3.63, 3.8) is 0 Å². The van der Waals surface area contributed by atoms with Crippen LogP contribution in [-0.4, -0.2) is 48.3 Å². The number of amides is 1. The summed E-state index contributed by atoms with van der Waals surface area (Å²) in [7, 11) is -3.47. The molecule has 0 aromatic carbocycles. The van der Waals surface area contributed by atoms with E-state index >= 15 is 0 Å². The lowest BCUT2D eigenvalue weighted by Crippen LogP contribution is -2.31. The van der Waals surface area contributed by atoms with Gasteiger partial charge in [-0.1, -0.05) is 0 Å². The SMILES string of the molecule is Cc1[nH]nc(CCC(=O)N2CC[C@H](CS(N)(=O)=O)C2)c1C. The van der Waals surface area contributed by atoms with Gasteiger partial charge in [-0.05, 0) is 31.7 Å². The Kier molecular flexibility index (Phi) is 4.67. The standard InChI is InChI=1S/C13H22N4O3S/c1-9-10(2)15-16-12(9)3-4-13(18)17-6-5-11(7-17)8-21(14,19)20/h11H,3-8H2,1-2H3,(H,15,16)(H2,14,19,20)/t11-/m0/s1. The van der Waals surface area contributed by atoms with E-state index in [-0.39, 0.29) is 17.6 Å². The second-order valence-corrected chi connectivity index (χ2v) is 7.40. The third-order valence-corrected chi connectivity index (χ3v) is 4.97. The highest BCUT2D eigenvalue weighted by molar-refractivity contribution is 7.89. The summed E-state index contributed by atoms with van der Waals surface area (Å²) in [5, 5.41) is 12.1. The van der Waals surface area contributed by atoms with Crippen LogP contribution in [0.25, 0.3) is 0 Å². The monoisotopic (exact) mass is 314 g/mol. The van der Waals surface area contributed by atoms with Gasteiger partial charge in [-0.15, -0.1) is 0 Å². The van der Waals surface area contributed by atoms with Crippen molar-refractivity contribution in [2.45, 2.75) is 33.1 Å². The number of H-pyrrole nitrogens is 1. The summed E-state index contributed by atoms with van der Waals surface area (Å²) in [5.74, 6) is -0.0423. The van der Waals surface area contributed by atoms with Crippen molar-refractivity contribution in [2.24, 2.45) is 11.1 Å². The van der Waals surface area contributed by atoms with Crippen molar-refractivity contribution in [3.8, 4) is 0 Å². The van der Waals surface area contributed by atoms with Gasteiger partial charge in [-0.25, -0.2) is 13.6 Å². The molecule has 0 spiro atoms. The molecule has 8 heteroatoms. The van der Waals surface area contributed by atoms with Gasteiger partial charge in [0.2, 0.25) is 15.9 Å². The number of carbonyl (C=O) groups is 1. The van der Waals surface area contributed by atoms with Gasteiger partial charge in [0.1, 0.15) is 0 Å². The molecule has 0 saturated carbocycles. The van der Waals surface area contributed by atoms with E-state index in [2.05, 4.69) is 10.2 Å². The van der Waals surface area contributed by atoms with Gasteiger partial charge in [-0.3, -0.25) is 9.89 Å². The van der Waals surface area contributed by atoms with Crippen LogP contribution in [0.2, 0.25) is 0 Å². The van der Waals surface area contributed by atoms with Crippen molar-refractivity contribution in [1.82, 2.24) is 15.1 Å². The van der Waals surface area contributed by atoms with Gasteiger partial charge in [0.25, 0.3) is 0 Å². The van der Waals surface area contributed by atoms with Gasteiger partial charge < -0.3 is 4.90 Å². The number of nitrogens with zero attached hydrogens (tertiary/aromatic N) is 2. The maximum Gasteiger partial charge on any atom is 0.222 e. The number of hydrogen-bond acceptors (Lipinski definition) is 4. The van der Waals surface area contributed by atoms with E-state index in [9.17, 15) is 13.2 Å². The van der Waals surface area contributed by atoms with Crippen LogP contribution in [0.15, 0.2) is 0 Å². The molecule has 1 fully saturated rings. The zero-order chi connectivity index (χ0) is 15.6. The fourth-order valence-electron chi connectivity index (χ4n) is 2.69. The maximum absolute atomic E-state index is 12.2. The first kappa shape index (κ1) is 16.0. The lowest BCUT2D eigenvalue weighted by Gasteiger charge is -2.16. The summed E-state index contributed by atoms with van der Waals surface area (Å²) in [5.41, 5.74) is 3.03. The Morgan fingerprint density at radius 1 is 1.48 bits per heavy atom. The number of likely N-dealkylation sites (tertiary alicyclic amines) is 1. The number of hydrogen-bond donors (Lipinski definition) is 2. The Balaban J connectivity index is 1.83. The van der Waals surface area contributed by atoms with Crippen LogP contribution in [0.3, 0.4) is 0 Å². The molecule has 7 nitrogen and oxygen atoms in total. The first-order chi connectivity index (χ1) is 9.76. The lowest BCUT2D eigenvalue weighted by atomic mass is 10.1. The van der Waals surface area contributed by atoms with Crippen molar-refractivity contribution in [3.05, 3.63) is 17.0 Å². The molecule has 1 atom stereocenters. The number of aromatic nitrogens is 2. The van der Waals surface area contributed by atoms with E-state index in [0.717, 1.165) is 17.0 Å². The van der Waals surface area contributed by atoms with Crippen molar-refractivity contribution < 1.29 is 13.2 Å². The molecule has 1 aliphatic heterocycles. The van der Waals surface area contributed by atoms with E-state index in [1.165, 1.54) is 0 Å². The summed E-state index contributed by atoms with van der Waals surface area (Å²) in [6.07, 6.45) is 1.70. The molecule has 1 amide bonds. The summed E-state index contributed by atoms with van der Waals surface area (Å²) in [6.45, 7) is 5.02. The van der Waals surface area contributed by atoms with E-state index in [1.54, 1.807) is 4.90 Å². The quantitative estimate of drug-likeness (QED) is 0.803. The average molecular weight is 314 g/mol. The third kappa shape index (κ3) is 4.28. The molecular formula is C13H22N4O3S. The lowest BCUT2D eigenvalue weighted by molar-refractivity contribution is -0.130. The molecule has 1 aromatic rings. The fraction of sp³-hybridized carbons (Fsp3) is 0.692. The molecule has 2 rings (SSSR count). The third-order valence-electron chi connectivity index (χ3n) is 4.04. The Hall–Kier alpha value is -1.41. The Morgan fingerprint density at radius 3 is 2.76 bits per heavy atom. The molecule has 0 bridgehead atoms. The second kappa shape index (κ2) is 6.15. The molecule has 21 heavy (non-hydrogen) atoms. The summed E-state index contributed by atoms with van der Waals surface area (Å²) in [4.78, 5) is 13.9. The molecule has 0 radical (unpaired) electrons. The van der Waals surface area contributed by atoms with E-state index < -0.39 is 10.0 Å². The van der Waals surface area contributed by atoms with Gasteiger partial charge in [-0.2, -0.15) is 5.10 Å². The topological polar surface area (TPSA) is 109 Å². The molecule has 118 valence electrons. The highest BCUT2D eigenvalue weighted by Crippen LogP contribution is 2.19. The number of sulfonamides is 1. The minimum Gasteiger partial charge on any atom is -0.342 e. The number of carbonyl (C=O) groups excluding carboxylic acids is 1. The normalized spacial score (nSPS) is 19.2. The summed E-state index contributed by atoms with van der Waals surface area (Å²) < 4.78 is 22.2. The molecule has 0 unspecified atom stereocenters. The summed E-state index contributed by atoms with van der Waals surface area (Å²) in [6, 6.07) is 0. The molecule has 1 aliphatic rings. The molecular weight excluding hydrogens is 292 g/mol. The van der Waals surface area contributed by atoms with Gasteiger partial charge >= 0.3 is 0 Å². The number of aromatic amines is 1. The largest absolute Gasteiger partial charge is 0.342 e. The Bertz CT molecular complexity index is 623. The zero-order valence-corrected chi connectivity index (χ0v) is 13.2. The van der Waals surface area contributed by atoms with Crippen LogP contribution in [0, 0.1) is 19.8 Å². The van der Waals surface area contributed by atoms with Gasteiger partial charge in [0.05, 0.1) is 11.4 Å². The van der Waals surface area contributed by atoms with Crippen LogP contribution in [-0.2, 0) is 21.2 Å². The van der Waals surface area contributed by atoms with Gasteiger partial charge in [0, 0.05) is 31.6 Å². The minimum atomic E-state index is -3.47. The average Bonchev–Trinajstić information content (AvgIpc) is 2.94. The van der Waals surface area contributed by atoms with E-state index in [0.29, 0.717) is 32.4 Å². The number of nitrogens with one attached hydrogen (secondary N) is 1. The molecule has 1 aromatic heterocycles. The number of aryl methyl sites for hydroxylation is 2.